The third kappa shape index (κ3) is 3.32. The van der Waals surface area contributed by atoms with Crippen LogP contribution in [-0.2, 0) is 6.42 Å². The summed E-state index contributed by atoms with van der Waals surface area (Å²) in [5, 5.41) is 3.70. The Balaban J connectivity index is 1.87. The van der Waals surface area contributed by atoms with Gasteiger partial charge in [0.2, 0.25) is 0 Å². The predicted molar refractivity (Wildman–Crippen MR) is 77.3 cm³/mol. The Labute approximate surface area is 113 Å². The minimum absolute atomic E-state index is 0.578. The van der Waals surface area contributed by atoms with Crippen LogP contribution in [0.4, 0.5) is 0 Å². The maximum atomic E-state index is 3.70. The molecule has 0 radical (unpaired) electrons. The van der Waals surface area contributed by atoms with E-state index in [0.29, 0.717) is 6.04 Å². The normalized spacial score (nSPS) is 18.7. The van der Waals surface area contributed by atoms with Crippen LogP contribution in [0.5, 0.6) is 0 Å². The molecule has 0 saturated carbocycles. The van der Waals surface area contributed by atoms with Crippen LogP contribution in [0.3, 0.4) is 0 Å². The molecule has 94 valence electrons. The maximum absolute atomic E-state index is 3.70. The van der Waals surface area contributed by atoms with Crippen molar-refractivity contribution in [2.45, 2.75) is 45.6 Å². The number of halogens is 1. The average Bonchev–Trinajstić information content (AvgIpc) is 2.69. The van der Waals surface area contributed by atoms with Crippen molar-refractivity contribution in [3.8, 4) is 0 Å². The van der Waals surface area contributed by atoms with Crippen LogP contribution in [0.2, 0.25) is 0 Å². The zero-order valence-electron chi connectivity index (χ0n) is 10.8. The minimum atomic E-state index is 0.578. The van der Waals surface area contributed by atoms with Gasteiger partial charge in [-0.25, -0.2) is 0 Å². The third-order valence-corrected chi connectivity index (χ3v) is 4.31. The summed E-state index contributed by atoms with van der Waals surface area (Å²) >= 11 is 3.65. The summed E-state index contributed by atoms with van der Waals surface area (Å²) in [6, 6.07) is 7.15. The fraction of sp³-hybridized carbons (Fsp3) is 0.600. The topological polar surface area (TPSA) is 12.0 Å². The van der Waals surface area contributed by atoms with E-state index < -0.39 is 0 Å². The standard InChI is InChI=1S/C15H22BrN/c1-11(2)5-4-10-17-15-9-8-12-13(15)6-3-7-14(12)16/h3,6-7,11,15,17H,4-5,8-10H2,1-2H3. The summed E-state index contributed by atoms with van der Waals surface area (Å²) in [5.74, 6) is 0.821. The summed E-state index contributed by atoms with van der Waals surface area (Å²) in [6.45, 7) is 5.73. The van der Waals surface area contributed by atoms with Crippen molar-refractivity contribution in [2.75, 3.05) is 6.54 Å². The van der Waals surface area contributed by atoms with Gasteiger partial charge in [-0.05, 0) is 55.3 Å². The molecule has 1 atom stereocenters. The van der Waals surface area contributed by atoms with Crippen LogP contribution in [0.25, 0.3) is 0 Å². The third-order valence-electron chi connectivity index (χ3n) is 3.56. The molecule has 0 aromatic heterocycles. The van der Waals surface area contributed by atoms with Gasteiger partial charge in [-0.2, -0.15) is 0 Å². The van der Waals surface area contributed by atoms with Gasteiger partial charge in [0.1, 0.15) is 0 Å². The summed E-state index contributed by atoms with van der Waals surface area (Å²) in [7, 11) is 0. The van der Waals surface area contributed by atoms with Crippen molar-refractivity contribution in [3.63, 3.8) is 0 Å². The van der Waals surface area contributed by atoms with Crippen molar-refractivity contribution in [1.29, 1.82) is 0 Å². The summed E-state index contributed by atoms with van der Waals surface area (Å²) in [6.07, 6.45) is 5.07. The van der Waals surface area contributed by atoms with E-state index in [9.17, 15) is 0 Å². The van der Waals surface area contributed by atoms with Gasteiger partial charge < -0.3 is 5.32 Å². The molecule has 1 aromatic carbocycles. The molecule has 1 aliphatic carbocycles. The summed E-state index contributed by atoms with van der Waals surface area (Å²) in [5.41, 5.74) is 3.01. The monoisotopic (exact) mass is 295 g/mol. The Morgan fingerprint density at radius 3 is 3.00 bits per heavy atom. The van der Waals surface area contributed by atoms with Gasteiger partial charge in [0.05, 0.1) is 0 Å². The van der Waals surface area contributed by atoms with E-state index in [1.54, 1.807) is 0 Å². The first kappa shape index (κ1) is 13.1. The molecule has 0 amide bonds. The molecule has 0 fully saturated rings. The van der Waals surface area contributed by atoms with Crippen LogP contribution in [-0.4, -0.2) is 6.54 Å². The largest absolute Gasteiger partial charge is 0.310 e. The molecule has 1 aliphatic rings. The molecule has 0 spiro atoms. The fourth-order valence-corrected chi connectivity index (χ4v) is 3.19. The van der Waals surface area contributed by atoms with Gasteiger partial charge >= 0.3 is 0 Å². The average molecular weight is 296 g/mol. The Morgan fingerprint density at radius 2 is 2.24 bits per heavy atom. The highest BCUT2D eigenvalue weighted by Crippen LogP contribution is 2.35. The lowest BCUT2D eigenvalue weighted by molar-refractivity contribution is 0.479. The van der Waals surface area contributed by atoms with Crippen molar-refractivity contribution in [1.82, 2.24) is 5.32 Å². The lowest BCUT2D eigenvalue weighted by Gasteiger charge is -2.14. The Kier molecular flexibility index (Phi) is 4.63. The van der Waals surface area contributed by atoms with Crippen LogP contribution in [0, 0.1) is 5.92 Å². The maximum Gasteiger partial charge on any atom is 0.0326 e. The molecule has 1 aromatic rings. The zero-order valence-corrected chi connectivity index (χ0v) is 12.4. The highest BCUT2D eigenvalue weighted by Gasteiger charge is 2.22. The second-order valence-corrected chi connectivity index (χ2v) is 6.24. The lowest BCUT2D eigenvalue weighted by atomic mass is 10.1. The second-order valence-electron chi connectivity index (χ2n) is 5.39. The molecule has 0 bridgehead atoms. The number of hydrogen-bond acceptors (Lipinski definition) is 1. The molecular weight excluding hydrogens is 274 g/mol. The van der Waals surface area contributed by atoms with Gasteiger partial charge in [0.15, 0.2) is 0 Å². The van der Waals surface area contributed by atoms with Crippen LogP contribution >= 0.6 is 15.9 Å². The highest BCUT2D eigenvalue weighted by molar-refractivity contribution is 9.10. The molecule has 1 nitrogen and oxygen atoms in total. The molecule has 1 unspecified atom stereocenters. The molecular formula is C15H22BrN. The van der Waals surface area contributed by atoms with E-state index >= 15 is 0 Å². The number of hydrogen-bond donors (Lipinski definition) is 1. The summed E-state index contributed by atoms with van der Waals surface area (Å²) in [4.78, 5) is 0. The number of benzene rings is 1. The molecule has 2 rings (SSSR count). The van der Waals surface area contributed by atoms with E-state index in [4.69, 9.17) is 0 Å². The molecule has 1 N–H and O–H groups in total. The van der Waals surface area contributed by atoms with E-state index in [0.717, 1.165) is 12.5 Å². The van der Waals surface area contributed by atoms with Gasteiger partial charge in [0, 0.05) is 10.5 Å². The van der Waals surface area contributed by atoms with Gasteiger partial charge in [0.25, 0.3) is 0 Å². The zero-order chi connectivity index (χ0) is 12.3. The van der Waals surface area contributed by atoms with Crippen LogP contribution < -0.4 is 5.32 Å². The van der Waals surface area contributed by atoms with Gasteiger partial charge in [-0.3, -0.25) is 0 Å². The number of fused-ring (bicyclic) bond motifs is 1. The van der Waals surface area contributed by atoms with Crippen molar-refractivity contribution < 1.29 is 0 Å². The quantitative estimate of drug-likeness (QED) is 0.791. The van der Waals surface area contributed by atoms with Gasteiger partial charge in [-0.1, -0.05) is 41.9 Å². The molecule has 0 aliphatic heterocycles. The van der Waals surface area contributed by atoms with E-state index in [2.05, 4.69) is 53.3 Å². The SMILES string of the molecule is CC(C)CCCNC1CCc2c(Br)cccc21. The Hall–Kier alpha value is -0.340. The van der Waals surface area contributed by atoms with Crippen molar-refractivity contribution in [3.05, 3.63) is 33.8 Å². The molecule has 0 saturated heterocycles. The first-order chi connectivity index (χ1) is 8.18. The van der Waals surface area contributed by atoms with Gasteiger partial charge in [-0.15, -0.1) is 0 Å². The number of nitrogens with one attached hydrogen (secondary N) is 1. The molecule has 17 heavy (non-hydrogen) atoms. The highest BCUT2D eigenvalue weighted by atomic mass is 79.9. The van der Waals surface area contributed by atoms with E-state index in [1.807, 2.05) is 0 Å². The van der Waals surface area contributed by atoms with Crippen LogP contribution in [0.15, 0.2) is 22.7 Å². The Morgan fingerprint density at radius 1 is 1.41 bits per heavy atom. The van der Waals surface area contributed by atoms with Crippen molar-refractivity contribution >= 4 is 15.9 Å². The fourth-order valence-electron chi connectivity index (χ4n) is 2.61. The number of rotatable bonds is 5. The lowest BCUT2D eigenvalue weighted by Crippen LogP contribution is -2.20. The first-order valence-corrected chi connectivity index (χ1v) is 7.48. The van der Waals surface area contributed by atoms with E-state index in [-0.39, 0.29) is 0 Å². The first-order valence-electron chi connectivity index (χ1n) is 6.69. The predicted octanol–water partition coefficient (Wildman–Crippen LogP) is 4.46. The minimum Gasteiger partial charge on any atom is -0.310 e. The van der Waals surface area contributed by atoms with E-state index in [1.165, 1.54) is 41.3 Å². The Bertz CT molecular complexity index is 373. The smallest absolute Gasteiger partial charge is 0.0326 e. The van der Waals surface area contributed by atoms with Crippen molar-refractivity contribution in [2.24, 2.45) is 5.92 Å². The molecule has 2 heteroatoms. The molecule has 0 heterocycles. The van der Waals surface area contributed by atoms with Crippen LogP contribution in [0.1, 0.15) is 50.3 Å². The second kappa shape index (κ2) is 6.01. The summed E-state index contributed by atoms with van der Waals surface area (Å²) < 4.78 is 1.28.